The SMILES string of the molecule is CC1NCCC1C(C)(C)C. The van der Waals surface area contributed by atoms with E-state index in [2.05, 4.69) is 33.0 Å². The zero-order valence-electron chi connectivity index (χ0n) is 7.57. The van der Waals surface area contributed by atoms with Crippen LogP contribution in [0.15, 0.2) is 0 Å². The Morgan fingerprint density at radius 3 is 2.10 bits per heavy atom. The van der Waals surface area contributed by atoms with Gasteiger partial charge in [-0.2, -0.15) is 0 Å². The highest BCUT2D eigenvalue weighted by atomic mass is 14.9. The first kappa shape index (κ1) is 8.06. The van der Waals surface area contributed by atoms with E-state index in [1.807, 2.05) is 0 Å². The van der Waals surface area contributed by atoms with E-state index in [1.165, 1.54) is 13.0 Å². The lowest BCUT2D eigenvalue weighted by Gasteiger charge is -2.29. The van der Waals surface area contributed by atoms with Crippen molar-refractivity contribution in [1.29, 1.82) is 0 Å². The molecule has 0 aromatic rings. The lowest BCUT2D eigenvalue weighted by Crippen LogP contribution is -2.31. The molecule has 1 aliphatic rings. The Labute approximate surface area is 64.2 Å². The predicted molar refractivity (Wildman–Crippen MR) is 45.0 cm³/mol. The summed E-state index contributed by atoms with van der Waals surface area (Å²) < 4.78 is 0. The molecule has 0 saturated carbocycles. The molecule has 1 heterocycles. The molecule has 1 saturated heterocycles. The van der Waals surface area contributed by atoms with Crippen LogP contribution >= 0.6 is 0 Å². The lowest BCUT2D eigenvalue weighted by molar-refractivity contribution is 0.225. The Morgan fingerprint density at radius 1 is 1.30 bits per heavy atom. The fourth-order valence-corrected chi connectivity index (χ4v) is 2.04. The fourth-order valence-electron chi connectivity index (χ4n) is 2.04. The second-order valence-electron chi connectivity index (χ2n) is 4.50. The molecule has 1 rings (SSSR count). The second kappa shape index (κ2) is 2.54. The molecule has 1 N–H and O–H groups in total. The maximum absolute atomic E-state index is 3.48. The molecule has 10 heavy (non-hydrogen) atoms. The third kappa shape index (κ3) is 1.51. The van der Waals surface area contributed by atoms with Gasteiger partial charge in [-0.05, 0) is 31.2 Å². The van der Waals surface area contributed by atoms with Crippen LogP contribution in [0.2, 0.25) is 0 Å². The molecule has 1 heteroatoms. The van der Waals surface area contributed by atoms with Crippen LogP contribution in [0.25, 0.3) is 0 Å². The van der Waals surface area contributed by atoms with Crippen LogP contribution in [0.5, 0.6) is 0 Å². The average molecular weight is 141 g/mol. The highest BCUT2D eigenvalue weighted by Gasteiger charge is 2.32. The summed E-state index contributed by atoms with van der Waals surface area (Å²) in [5, 5.41) is 3.48. The minimum Gasteiger partial charge on any atom is -0.314 e. The maximum atomic E-state index is 3.48. The van der Waals surface area contributed by atoms with Gasteiger partial charge in [-0.3, -0.25) is 0 Å². The third-order valence-electron chi connectivity index (χ3n) is 2.64. The number of rotatable bonds is 0. The van der Waals surface area contributed by atoms with E-state index in [1.54, 1.807) is 0 Å². The topological polar surface area (TPSA) is 12.0 Å². The van der Waals surface area contributed by atoms with Crippen LogP contribution in [0.3, 0.4) is 0 Å². The third-order valence-corrected chi connectivity index (χ3v) is 2.64. The Kier molecular flexibility index (Phi) is 2.04. The van der Waals surface area contributed by atoms with Gasteiger partial charge in [0.2, 0.25) is 0 Å². The highest BCUT2D eigenvalue weighted by molar-refractivity contribution is 4.87. The van der Waals surface area contributed by atoms with Crippen LogP contribution in [0.1, 0.15) is 34.1 Å². The predicted octanol–water partition coefficient (Wildman–Crippen LogP) is 2.03. The van der Waals surface area contributed by atoms with Crippen LogP contribution < -0.4 is 5.32 Å². The van der Waals surface area contributed by atoms with Crippen molar-refractivity contribution in [2.24, 2.45) is 11.3 Å². The molecular weight excluding hydrogens is 122 g/mol. The van der Waals surface area contributed by atoms with Crippen molar-refractivity contribution in [3.63, 3.8) is 0 Å². The molecular formula is C9H19N. The molecule has 60 valence electrons. The minimum atomic E-state index is 0.489. The van der Waals surface area contributed by atoms with Crippen molar-refractivity contribution in [3.8, 4) is 0 Å². The molecule has 0 aromatic carbocycles. The Morgan fingerprint density at radius 2 is 1.90 bits per heavy atom. The van der Waals surface area contributed by atoms with Gasteiger partial charge in [0.15, 0.2) is 0 Å². The quantitative estimate of drug-likeness (QED) is 0.544. The molecule has 0 aliphatic carbocycles. The van der Waals surface area contributed by atoms with Crippen molar-refractivity contribution in [2.45, 2.75) is 40.2 Å². The maximum Gasteiger partial charge on any atom is 0.00724 e. The van der Waals surface area contributed by atoms with Gasteiger partial charge in [-0.15, -0.1) is 0 Å². The molecule has 2 atom stereocenters. The summed E-state index contributed by atoms with van der Waals surface area (Å²) in [5.74, 6) is 0.868. The van der Waals surface area contributed by atoms with Gasteiger partial charge < -0.3 is 5.32 Å². The van der Waals surface area contributed by atoms with Crippen molar-refractivity contribution in [1.82, 2.24) is 5.32 Å². The van der Waals surface area contributed by atoms with Crippen molar-refractivity contribution >= 4 is 0 Å². The van der Waals surface area contributed by atoms with E-state index >= 15 is 0 Å². The van der Waals surface area contributed by atoms with E-state index < -0.39 is 0 Å². The van der Waals surface area contributed by atoms with Gasteiger partial charge in [-0.25, -0.2) is 0 Å². The van der Waals surface area contributed by atoms with Gasteiger partial charge in [0.05, 0.1) is 0 Å². The van der Waals surface area contributed by atoms with Crippen LogP contribution in [0.4, 0.5) is 0 Å². The van der Waals surface area contributed by atoms with Crippen molar-refractivity contribution < 1.29 is 0 Å². The van der Waals surface area contributed by atoms with Crippen LogP contribution in [-0.2, 0) is 0 Å². The van der Waals surface area contributed by atoms with E-state index in [0.717, 1.165) is 12.0 Å². The summed E-state index contributed by atoms with van der Waals surface area (Å²) in [6, 6.07) is 0.722. The van der Waals surface area contributed by atoms with Gasteiger partial charge in [0.1, 0.15) is 0 Å². The van der Waals surface area contributed by atoms with Crippen molar-refractivity contribution in [3.05, 3.63) is 0 Å². The van der Waals surface area contributed by atoms with Crippen molar-refractivity contribution in [2.75, 3.05) is 6.54 Å². The molecule has 1 fully saturated rings. The van der Waals surface area contributed by atoms with Gasteiger partial charge in [0.25, 0.3) is 0 Å². The lowest BCUT2D eigenvalue weighted by atomic mass is 9.77. The van der Waals surface area contributed by atoms with E-state index in [0.29, 0.717) is 5.41 Å². The number of hydrogen-bond donors (Lipinski definition) is 1. The second-order valence-corrected chi connectivity index (χ2v) is 4.50. The first-order valence-corrected chi connectivity index (χ1v) is 4.25. The summed E-state index contributed by atoms with van der Waals surface area (Å²) in [4.78, 5) is 0. The molecule has 1 nitrogen and oxygen atoms in total. The Balaban J connectivity index is 2.55. The monoisotopic (exact) mass is 141 g/mol. The molecule has 0 radical (unpaired) electrons. The van der Waals surface area contributed by atoms with Gasteiger partial charge in [0, 0.05) is 6.04 Å². The molecule has 0 spiro atoms. The smallest absolute Gasteiger partial charge is 0.00724 e. The van der Waals surface area contributed by atoms with Crippen LogP contribution in [-0.4, -0.2) is 12.6 Å². The molecule has 0 amide bonds. The van der Waals surface area contributed by atoms with Gasteiger partial charge in [-0.1, -0.05) is 20.8 Å². The number of hydrogen-bond acceptors (Lipinski definition) is 1. The zero-order chi connectivity index (χ0) is 7.78. The number of nitrogens with one attached hydrogen (secondary N) is 1. The van der Waals surface area contributed by atoms with Crippen LogP contribution in [0, 0.1) is 11.3 Å². The van der Waals surface area contributed by atoms with E-state index in [-0.39, 0.29) is 0 Å². The first-order chi connectivity index (χ1) is 4.52. The average Bonchev–Trinajstić information content (AvgIpc) is 2.11. The molecule has 2 unspecified atom stereocenters. The normalized spacial score (nSPS) is 34.8. The minimum absolute atomic E-state index is 0.489. The summed E-state index contributed by atoms with van der Waals surface area (Å²) >= 11 is 0. The molecule has 1 aliphatic heterocycles. The summed E-state index contributed by atoms with van der Waals surface area (Å²) in [7, 11) is 0. The molecule has 0 aromatic heterocycles. The zero-order valence-corrected chi connectivity index (χ0v) is 7.57. The summed E-state index contributed by atoms with van der Waals surface area (Å²) in [5.41, 5.74) is 0.489. The first-order valence-electron chi connectivity index (χ1n) is 4.25. The van der Waals surface area contributed by atoms with E-state index in [4.69, 9.17) is 0 Å². The van der Waals surface area contributed by atoms with Gasteiger partial charge >= 0.3 is 0 Å². The largest absolute Gasteiger partial charge is 0.314 e. The summed E-state index contributed by atoms with van der Waals surface area (Å²) in [6.07, 6.45) is 1.35. The molecule has 0 bridgehead atoms. The Hall–Kier alpha value is -0.0400. The fraction of sp³-hybridized carbons (Fsp3) is 1.00. The Bertz CT molecular complexity index is 112. The standard InChI is InChI=1S/C9H19N/c1-7-8(5-6-10-7)9(2,3)4/h7-8,10H,5-6H2,1-4H3. The highest BCUT2D eigenvalue weighted by Crippen LogP contribution is 2.33. The summed E-state index contributed by atoms with van der Waals surface area (Å²) in [6.45, 7) is 10.5. The van der Waals surface area contributed by atoms with E-state index in [9.17, 15) is 0 Å².